The first kappa shape index (κ1) is 18.8. The topological polar surface area (TPSA) is 116 Å². The Morgan fingerprint density at radius 1 is 1.36 bits per heavy atom. The van der Waals surface area contributed by atoms with E-state index in [9.17, 15) is 4.79 Å². The molecule has 0 aromatic carbocycles. The average Bonchev–Trinajstić information content (AvgIpc) is 3.12. The van der Waals surface area contributed by atoms with Crippen LogP contribution >= 0.6 is 0 Å². The molecule has 0 saturated carbocycles. The number of hydrogen-bond donors (Lipinski definition) is 2. The molecule has 1 spiro atoms. The fourth-order valence-corrected chi connectivity index (χ4v) is 2.98. The lowest BCUT2D eigenvalue weighted by Gasteiger charge is -2.35. The van der Waals surface area contributed by atoms with Gasteiger partial charge in [0.2, 0.25) is 5.96 Å². The zero-order valence-corrected chi connectivity index (χ0v) is 14.8. The standard InChI is InChI=1S/C14H23N7O.CH2O2/c1-11-18-15-10-21(11)9-8-20-6-4-14(5-7-20)12(22)16-13(17-14)19(2)3;2-1-3/h10H,4-9H2,1-3H3,(H,16,17,22);1H,(H,2,3). The summed E-state index contributed by atoms with van der Waals surface area (Å²) in [4.78, 5) is 29.5. The monoisotopic (exact) mass is 351 g/mol. The lowest BCUT2D eigenvalue weighted by Crippen LogP contribution is -2.49. The van der Waals surface area contributed by atoms with Crippen LogP contribution in [0.3, 0.4) is 0 Å². The molecule has 10 heteroatoms. The normalized spacial score (nSPS) is 19.0. The second-order valence-electron chi connectivity index (χ2n) is 6.33. The Hall–Kier alpha value is -2.49. The van der Waals surface area contributed by atoms with Gasteiger partial charge in [-0.3, -0.25) is 14.9 Å². The van der Waals surface area contributed by atoms with E-state index < -0.39 is 5.54 Å². The van der Waals surface area contributed by atoms with Crippen molar-refractivity contribution in [3.8, 4) is 0 Å². The molecule has 1 saturated heterocycles. The maximum absolute atomic E-state index is 12.3. The summed E-state index contributed by atoms with van der Waals surface area (Å²) < 4.78 is 2.05. The van der Waals surface area contributed by atoms with E-state index in [1.165, 1.54) is 0 Å². The third kappa shape index (κ3) is 4.32. The molecular formula is C15H25N7O3. The van der Waals surface area contributed by atoms with Crippen LogP contribution in [-0.2, 0) is 16.1 Å². The minimum atomic E-state index is -0.553. The lowest BCUT2D eigenvalue weighted by molar-refractivity contribution is -0.125. The lowest BCUT2D eigenvalue weighted by atomic mass is 9.88. The van der Waals surface area contributed by atoms with Gasteiger partial charge in [0.1, 0.15) is 17.7 Å². The summed E-state index contributed by atoms with van der Waals surface area (Å²) in [6.07, 6.45) is 3.31. The van der Waals surface area contributed by atoms with E-state index in [1.54, 1.807) is 6.33 Å². The molecule has 1 amide bonds. The predicted molar refractivity (Wildman–Crippen MR) is 91.1 cm³/mol. The van der Waals surface area contributed by atoms with Gasteiger partial charge in [0.25, 0.3) is 12.4 Å². The Morgan fingerprint density at radius 3 is 2.48 bits per heavy atom. The minimum absolute atomic E-state index is 0.0468. The minimum Gasteiger partial charge on any atom is -0.483 e. The van der Waals surface area contributed by atoms with Crippen LogP contribution in [0.5, 0.6) is 0 Å². The van der Waals surface area contributed by atoms with Gasteiger partial charge in [-0.1, -0.05) is 0 Å². The average molecular weight is 351 g/mol. The van der Waals surface area contributed by atoms with Crippen LogP contribution in [0.15, 0.2) is 11.3 Å². The highest BCUT2D eigenvalue weighted by Crippen LogP contribution is 2.30. The van der Waals surface area contributed by atoms with E-state index in [1.807, 2.05) is 25.9 Å². The molecule has 1 aromatic rings. The quantitative estimate of drug-likeness (QED) is 0.683. The smallest absolute Gasteiger partial charge is 0.290 e. The molecule has 10 nitrogen and oxygen atoms in total. The van der Waals surface area contributed by atoms with Crippen LogP contribution in [0.25, 0.3) is 0 Å². The third-order valence-electron chi connectivity index (χ3n) is 4.54. The number of carbonyl (C=O) groups excluding carboxylic acids is 1. The van der Waals surface area contributed by atoms with Gasteiger partial charge in [-0.2, -0.15) is 0 Å². The third-order valence-corrected chi connectivity index (χ3v) is 4.54. The fourth-order valence-electron chi connectivity index (χ4n) is 2.98. The Kier molecular flexibility index (Phi) is 6.07. The zero-order valence-electron chi connectivity index (χ0n) is 14.8. The van der Waals surface area contributed by atoms with E-state index in [-0.39, 0.29) is 12.4 Å². The second kappa shape index (κ2) is 8.06. The van der Waals surface area contributed by atoms with Gasteiger partial charge in [0.15, 0.2) is 0 Å². The summed E-state index contributed by atoms with van der Waals surface area (Å²) in [6.45, 7) is 5.31. The maximum atomic E-state index is 12.3. The fraction of sp³-hybridized carbons (Fsp3) is 0.667. The van der Waals surface area contributed by atoms with E-state index >= 15 is 0 Å². The molecular weight excluding hydrogens is 326 g/mol. The number of nitrogens with one attached hydrogen (secondary N) is 1. The van der Waals surface area contributed by atoms with Gasteiger partial charge in [0, 0.05) is 40.3 Å². The Labute approximate surface area is 146 Å². The van der Waals surface area contributed by atoms with E-state index in [0.717, 1.165) is 44.8 Å². The molecule has 1 fully saturated rings. The molecule has 0 radical (unpaired) electrons. The highest BCUT2D eigenvalue weighted by molar-refractivity contribution is 6.07. The number of carboxylic acid groups (broad SMARTS) is 1. The van der Waals surface area contributed by atoms with E-state index in [4.69, 9.17) is 9.90 Å². The van der Waals surface area contributed by atoms with Gasteiger partial charge < -0.3 is 19.5 Å². The maximum Gasteiger partial charge on any atom is 0.290 e. The highest BCUT2D eigenvalue weighted by Gasteiger charge is 2.46. The molecule has 3 heterocycles. The molecule has 0 bridgehead atoms. The summed E-state index contributed by atoms with van der Waals surface area (Å²) in [5, 5.41) is 17.7. The first-order valence-corrected chi connectivity index (χ1v) is 8.15. The number of rotatable bonds is 3. The highest BCUT2D eigenvalue weighted by atomic mass is 16.3. The Bertz CT molecular complexity index is 633. The number of hydrogen-bond acceptors (Lipinski definition) is 7. The number of carbonyl (C=O) groups is 2. The summed E-state index contributed by atoms with van der Waals surface area (Å²) in [7, 11) is 3.80. The van der Waals surface area contributed by atoms with Crippen molar-refractivity contribution >= 4 is 18.3 Å². The number of aryl methyl sites for hydroxylation is 1. The van der Waals surface area contributed by atoms with Crippen molar-refractivity contribution in [1.29, 1.82) is 0 Å². The Balaban J connectivity index is 0.000000701. The SMILES string of the molecule is Cc1nncn1CCN1CCC2(CC1)N=C(N(C)C)NC2=O.O=CO. The van der Waals surface area contributed by atoms with Crippen molar-refractivity contribution in [2.24, 2.45) is 4.99 Å². The van der Waals surface area contributed by atoms with Gasteiger partial charge >= 0.3 is 0 Å². The zero-order chi connectivity index (χ0) is 18.4. The molecule has 1 aromatic heterocycles. The number of aromatic nitrogens is 3. The molecule has 0 aliphatic carbocycles. The number of piperidine rings is 1. The van der Waals surface area contributed by atoms with Crippen LogP contribution in [0, 0.1) is 6.92 Å². The number of nitrogens with zero attached hydrogens (tertiary/aromatic N) is 6. The summed E-state index contributed by atoms with van der Waals surface area (Å²) in [5.74, 6) is 1.66. The predicted octanol–water partition coefficient (Wildman–Crippen LogP) is -0.831. The van der Waals surface area contributed by atoms with Gasteiger partial charge in [-0.25, -0.2) is 4.99 Å². The van der Waals surface area contributed by atoms with Crippen LogP contribution < -0.4 is 5.32 Å². The van der Waals surface area contributed by atoms with Crippen LogP contribution in [0.2, 0.25) is 0 Å². The number of likely N-dealkylation sites (tertiary alicyclic amines) is 1. The Morgan fingerprint density at radius 2 is 2.00 bits per heavy atom. The van der Waals surface area contributed by atoms with Crippen molar-refractivity contribution in [1.82, 2.24) is 29.9 Å². The van der Waals surface area contributed by atoms with Crippen LogP contribution in [-0.4, -0.2) is 87.3 Å². The number of aliphatic imine (C=N–C) groups is 1. The van der Waals surface area contributed by atoms with Gasteiger partial charge in [-0.15, -0.1) is 10.2 Å². The van der Waals surface area contributed by atoms with E-state index in [0.29, 0.717) is 5.96 Å². The second-order valence-corrected chi connectivity index (χ2v) is 6.33. The molecule has 0 atom stereocenters. The van der Waals surface area contributed by atoms with Crippen molar-refractivity contribution in [3.63, 3.8) is 0 Å². The summed E-state index contributed by atoms with van der Waals surface area (Å²) in [6, 6.07) is 0. The molecule has 2 N–H and O–H groups in total. The number of guanidine groups is 1. The molecule has 25 heavy (non-hydrogen) atoms. The van der Waals surface area contributed by atoms with Crippen molar-refractivity contribution in [2.45, 2.75) is 31.8 Å². The molecule has 138 valence electrons. The van der Waals surface area contributed by atoms with Crippen molar-refractivity contribution in [3.05, 3.63) is 12.2 Å². The van der Waals surface area contributed by atoms with E-state index in [2.05, 4.69) is 30.0 Å². The van der Waals surface area contributed by atoms with Gasteiger partial charge in [0.05, 0.1) is 0 Å². The van der Waals surface area contributed by atoms with Crippen LogP contribution in [0.1, 0.15) is 18.7 Å². The molecule has 3 rings (SSSR count). The first-order chi connectivity index (χ1) is 11.9. The molecule has 2 aliphatic rings. The summed E-state index contributed by atoms with van der Waals surface area (Å²) in [5.41, 5.74) is -0.553. The number of amides is 1. The molecule has 2 aliphatic heterocycles. The van der Waals surface area contributed by atoms with Crippen molar-refractivity contribution < 1.29 is 14.7 Å². The molecule has 0 unspecified atom stereocenters. The van der Waals surface area contributed by atoms with Gasteiger partial charge in [-0.05, 0) is 19.8 Å². The largest absolute Gasteiger partial charge is 0.483 e. The van der Waals surface area contributed by atoms with Crippen molar-refractivity contribution in [2.75, 3.05) is 33.7 Å². The first-order valence-electron chi connectivity index (χ1n) is 8.15. The summed E-state index contributed by atoms with van der Waals surface area (Å²) >= 11 is 0. The van der Waals surface area contributed by atoms with Crippen LogP contribution in [0.4, 0.5) is 0 Å².